The largest absolute Gasteiger partial charge is 0.397 e. The molecule has 19 heavy (non-hydrogen) atoms. The normalized spacial score (nSPS) is 11.7. The van der Waals surface area contributed by atoms with Gasteiger partial charge in [0.2, 0.25) is 0 Å². The molecule has 4 heteroatoms. The molecule has 0 aliphatic heterocycles. The summed E-state index contributed by atoms with van der Waals surface area (Å²) in [7, 11) is -1.83. The van der Waals surface area contributed by atoms with Crippen molar-refractivity contribution in [2.75, 3.05) is 23.0 Å². The minimum Gasteiger partial charge on any atom is -0.397 e. The Kier molecular flexibility index (Phi) is 5.88. The van der Waals surface area contributed by atoms with Crippen LogP contribution in [0.5, 0.6) is 0 Å². The molecule has 0 fully saturated rings. The molecule has 0 amide bonds. The van der Waals surface area contributed by atoms with E-state index in [4.69, 9.17) is 4.43 Å². The van der Waals surface area contributed by atoms with E-state index in [2.05, 4.69) is 74.9 Å². The highest BCUT2D eigenvalue weighted by Crippen LogP contribution is 2.20. The van der Waals surface area contributed by atoms with Gasteiger partial charge in [-0.15, -0.1) is 0 Å². The predicted octanol–water partition coefficient (Wildman–Crippen LogP) is 4.07. The van der Waals surface area contributed by atoms with Crippen LogP contribution in [-0.2, 0) is 4.43 Å². The van der Waals surface area contributed by atoms with Crippen molar-refractivity contribution in [3.05, 3.63) is 24.3 Å². The molecule has 0 saturated heterocycles. The lowest BCUT2D eigenvalue weighted by Crippen LogP contribution is -2.42. The quantitative estimate of drug-likeness (QED) is 0.762. The summed E-state index contributed by atoms with van der Waals surface area (Å²) >= 11 is 0. The number of nitrogens with zero attached hydrogens (tertiary/aromatic N) is 1. The molecule has 1 aromatic carbocycles. The molecule has 0 bridgehead atoms. The van der Waals surface area contributed by atoms with Gasteiger partial charge >= 0.3 is 0 Å². The highest BCUT2D eigenvalue weighted by atomic mass is 28.4. The van der Waals surface area contributed by atoms with Crippen molar-refractivity contribution in [1.82, 2.24) is 0 Å². The maximum Gasteiger partial charge on any atom is 0.292 e. The second-order valence-corrected chi connectivity index (χ2v) is 9.03. The molecule has 0 aliphatic carbocycles. The van der Waals surface area contributed by atoms with E-state index < -0.39 is 8.48 Å². The number of nitrogens with one attached hydrogen (secondary N) is 1. The fraction of sp³-hybridized carbons (Fsp3) is 0.600. The molecule has 1 rings (SSSR count). The second-order valence-electron chi connectivity index (χ2n) is 5.52. The van der Waals surface area contributed by atoms with E-state index in [0.29, 0.717) is 0 Å². The molecule has 108 valence electrons. The summed E-state index contributed by atoms with van der Waals surface area (Å²) in [4.78, 5) is 5.89. The van der Waals surface area contributed by atoms with E-state index in [1.54, 1.807) is 0 Å². The smallest absolute Gasteiger partial charge is 0.292 e. The maximum absolute atomic E-state index is 5.98. The third-order valence-electron chi connectivity index (χ3n) is 2.97. The van der Waals surface area contributed by atoms with Gasteiger partial charge in [0.05, 0.1) is 0 Å². The summed E-state index contributed by atoms with van der Waals surface area (Å²) in [6.07, 6.45) is 0.268. The van der Waals surface area contributed by atoms with E-state index in [1.807, 2.05) is 0 Å². The summed E-state index contributed by atoms with van der Waals surface area (Å²) in [5.74, 6) is 0. The van der Waals surface area contributed by atoms with Crippen LogP contribution in [-0.4, -0.2) is 27.7 Å². The molecule has 0 spiro atoms. The molecular formula is C15H28N2OSi. The Bertz CT molecular complexity index is 372. The topological polar surface area (TPSA) is 24.5 Å². The molecular weight excluding hydrogens is 252 g/mol. The lowest BCUT2D eigenvalue weighted by molar-refractivity contribution is 0.235. The first-order chi connectivity index (χ1) is 8.88. The number of anilines is 2. The zero-order valence-corrected chi connectivity index (χ0v) is 14.2. The van der Waals surface area contributed by atoms with Crippen LogP contribution in [0.1, 0.15) is 27.7 Å². The third-order valence-corrected chi connectivity index (χ3v) is 4.92. The first kappa shape index (κ1) is 16.1. The van der Waals surface area contributed by atoms with Gasteiger partial charge in [-0.1, -0.05) is 0 Å². The molecule has 0 radical (unpaired) electrons. The SMILES string of the molecule is CCN(CC)c1ccc(N[Si](C)(C)OC(C)C)cc1. The van der Waals surface area contributed by atoms with Crippen LogP contribution >= 0.6 is 0 Å². The van der Waals surface area contributed by atoms with Gasteiger partial charge < -0.3 is 14.3 Å². The minimum absolute atomic E-state index is 0.268. The van der Waals surface area contributed by atoms with Crippen LogP contribution in [0.25, 0.3) is 0 Å². The van der Waals surface area contributed by atoms with Gasteiger partial charge in [-0.3, -0.25) is 0 Å². The zero-order valence-electron chi connectivity index (χ0n) is 13.2. The average molecular weight is 280 g/mol. The van der Waals surface area contributed by atoms with Crippen LogP contribution in [0.15, 0.2) is 24.3 Å². The number of hydrogen-bond donors (Lipinski definition) is 1. The predicted molar refractivity (Wildman–Crippen MR) is 87.3 cm³/mol. The molecule has 0 atom stereocenters. The molecule has 1 N–H and O–H groups in total. The Hall–Kier alpha value is -1.00. The van der Waals surface area contributed by atoms with E-state index in [-0.39, 0.29) is 6.10 Å². The first-order valence-electron chi connectivity index (χ1n) is 7.19. The number of rotatable bonds is 7. The van der Waals surface area contributed by atoms with Crippen molar-refractivity contribution in [1.29, 1.82) is 0 Å². The van der Waals surface area contributed by atoms with Crippen molar-refractivity contribution in [2.24, 2.45) is 0 Å². The fourth-order valence-electron chi connectivity index (χ4n) is 2.31. The van der Waals surface area contributed by atoms with Crippen molar-refractivity contribution >= 4 is 19.9 Å². The first-order valence-corrected chi connectivity index (χ1v) is 10.1. The second kappa shape index (κ2) is 6.96. The Morgan fingerprint density at radius 2 is 1.63 bits per heavy atom. The summed E-state index contributed by atoms with van der Waals surface area (Å²) < 4.78 is 5.98. The van der Waals surface area contributed by atoms with E-state index in [1.165, 1.54) is 5.69 Å². The van der Waals surface area contributed by atoms with E-state index in [9.17, 15) is 0 Å². The van der Waals surface area contributed by atoms with Crippen LogP contribution in [0.3, 0.4) is 0 Å². The Labute approximate surface area is 119 Å². The summed E-state index contributed by atoms with van der Waals surface area (Å²) in [5.41, 5.74) is 2.42. The van der Waals surface area contributed by atoms with E-state index in [0.717, 1.165) is 18.8 Å². The number of benzene rings is 1. The van der Waals surface area contributed by atoms with Crippen LogP contribution in [0.2, 0.25) is 13.1 Å². The molecule has 0 aromatic heterocycles. The van der Waals surface area contributed by atoms with Crippen LogP contribution < -0.4 is 9.88 Å². The minimum atomic E-state index is -1.83. The summed E-state index contributed by atoms with van der Waals surface area (Å²) in [5, 5.41) is 0. The van der Waals surface area contributed by atoms with Crippen molar-refractivity contribution in [2.45, 2.75) is 46.9 Å². The van der Waals surface area contributed by atoms with Crippen molar-refractivity contribution in [3.8, 4) is 0 Å². The molecule has 0 aliphatic rings. The van der Waals surface area contributed by atoms with Gasteiger partial charge in [0.1, 0.15) is 0 Å². The summed E-state index contributed by atoms with van der Waals surface area (Å²) in [6, 6.07) is 8.64. The molecule has 3 nitrogen and oxygen atoms in total. The van der Waals surface area contributed by atoms with Gasteiger partial charge in [0.15, 0.2) is 0 Å². The van der Waals surface area contributed by atoms with Gasteiger partial charge in [-0.05, 0) is 65.1 Å². The van der Waals surface area contributed by atoms with E-state index >= 15 is 0 Å². The van der Waals surface area contributed by atoms with Crippen LogP contribution in [0.4, 0.5) is 11.4 Å². The highest BCUT2D eigenvalue weighted by molar-refractivity contribution is 6.74. The van der Waals surface area contributed by atoms with Gasteiger partial charge in [0.25, 0.3) is 8.48 Å². The maximum atomic E-state index is 5.98. The molecule has 0 unspecified atom stereocenters. The molecule has 1 aromatic rings. The third kappa shape index (κ3) is 5.24. The van der Waals surface area contributed by atoms with Crippen molar-refractivity contribution in [3.63, 3.8) is 0 Å². The standard InChI is InChI=1S/C15H28N2OSi/c1-7-17(8-2)15-11-9-14(10-12-15)16-19(5,6)18-13(3)4/h9-13,16H,7-8H2,1-6H3. The van der Waals surface area contributed by atoms with Crippen molar-refractivity contribution < 1.29 is 4.43 Å². The molecule has 0 saturated carbocycles. The number of hydrogen-bond acceptors (Lipinski definition) is 3. The monoisotopic (exact) mass is 280 g/mol. The lowest BCUT2D eigenvalue weighted by atomic mass is 10.2. The molecule has 0 heterocycles. The van der Waals surface area contributed by atoms with Gasteiger partial charge in [-0.2, -0.15) is 0 Å². The average Bonchev–Trinajstić information content (AvgIpc) is 2.30. The van der Waals surface area contributed by atoms with Gasteiger partial charge in [-0.25, -0.2) is 0 Å². The Morgan fingerprint density at radius 3 is 2.05 bits per heavy atom. The van der Waals surface area contributed by atoms with Crippen LogP contribution in [0, 0.1) is 0 Å². The lowest BCUT2D eigenvalue weighted by Gasteiger charge is -2.28. The Morgan fingerprint density at radius 1 is 1.11 bits per heavy atom. The Balaban J connectivity index is 2.71. The summed E-state index contributed by atoms with van der Waals surface area (Å²) in [6.45, 7) is 15.0. The van der Waals surface area contributed by atoms with Gasteiger partial charge in [0, 0.05) is 30.6 Å². The fourth-order valence-corrected chi connectivity index (χ4v) is 4.41. The highest BCUT2D eigenvalue weighted by Gasteiger charge is 2.24. The zero-order chi connectivity index (χ0) is 14.5.